The molecule has 0 aromatic heterocycles. The molecule has 0 bridgehead atoms. The number of ether oxygens (including phenoxy) is 1. The summed E-state index contributed by atoms with van der Waals surface area (Å²) in [5, 5.41) is 0. The highest BCUT2D eigenvalue weighted by Gasteiger charge is 2.14. The Balaban J connectivity index is 2.27. The molecule has 0 amide bonds. The summed E-state index contributed by atoms with van der Waals surface area (Å²) in [5.74, 6) is 1.14. The number of hydrogen-bond acceptors (Lipinski definition) is 2. The molecule has 2 heteroatoms. The number of para-hydroxylation sites is 1. The highest BCUT2D eigenvalue weighted by Crippen LogP contribution is 2.23. The largest absolute Gasteiger partial charge is 0.493 e. The van der Waals surface area contributed by atoms with Gasteiger partial charge in [-0.2, -0.15) is 0 Å². The van der Waals surface area contributed by atoms with Crippen molar-refractivity contribution in [1.82, 2.24) is 0 Å². The molecule has 0 saturated carbocycles. The molecule has 0 spiro atoms. The van der Waals surface area contributed by atoms with Crippen LogP contribution in [0.3, 0.4) is 0 Å². The molecule has 0 atom stereocenters. The van der Waals surface area contributed by atoms with E-state index >= 15 is 0 Å². The summed E-state index contributed by atoms with van der Waals surface area (Å²) in [4.78, 5) is 12.6. The third kappa shape index (κ3) is 3.72. The van der Waals surface area contributed by atoms with Gasteiger partial charge in [0, 0.05) is 5.56 Å². The van der Waals surface area contributed by atoms with Crippen LogP contribution in [0.5, 0.6) is 5.75 Å². The average molecular weight is 282 g/mol. The fourth-order valence-electron chi connectivity index (χ4n) is 2.17. The van der Waals surface area contributed by atoms with Crippen molar-refractivity contribution in [3.8, 4) is 5.75 Å². The Hall–Kier alpha value is -2.09. The van der Waals surface area contributed by atoms with Gasteiger partial charge in [-0.3, -0.25) is 4.79 Å². The lowest BCUT2D eigenvalue weighted by molar-refractivity contribution is 0.103. The summed E-state index contributed by atoms with van der Waals surface area (Å²) in [5.41, 5.74) is 2.57. The van der Waals surface area contributed by atoms with E-state index in [-0.39, 0.29) is 5.78 Å². The lowest BCUT2D eigenvalue weighted by Gasteiger charge is -2.11. The summed E-state index contributed by atoms with van der Waals surface area (Å²) < 4.78 is 5.67. The topological polar surface area (TPSA) is 26.3 Å². The highest BCUT2D eigenvalue weighted by atomic mass is 16.5. The molecule has 2 nitrogen and oxygen atoms in total. The Labute approximate surface area is 126 Å². The molecule has 0 unspecified atom stereocenters. The minimum Gasteiger partial charge on any atom is -0.493 e. The average Bonchev–Trinajstić information content (AvgIpc) is 2.52. The molecule has 110 valence electrons. The molecule has 2 aromatic rings. The van der Waals surface area contributed by atoms with Gasteiger partial charge in [0.1, 0.15) is 5.75 Å². The van der Waals surface area contributed by atoms with E-state index in [2.05, 4.69) is 20.8 Å². The minimum atomic E-state index is 0.0111. The van der Waals surface area contributed by atoms with Crippen molar-refractivity contribution in [2.45, 2.75) is 33.1 Å². The number of hydrogen-bond donors (Lipinski definition) is 0. The molecule has 0 N–H and O–H groups in total. The van der Waals surface area contributed by atoms with Gasteiger partial charge in [0.15, 0.2) is 5.78 Å². The molecular formula is C19H22O2. The highest BCUT2D eigenvalue weighted by molar-refractivity contribution is 6.10. The van der Waals surface area contributed by atoms with E-state index in [0.717, 1.165) is 6.42 Å². The van der Waals surface area contributed by atoms with Crippen LogP contribution >= 0.6 is 0 Å². The van der Waals surface area contributed by atoms with Gasteiger partial charge in [0.25, 0.3) is 0 Å². The molecule has 2 aromatic carbocycles. The lowest BCUT2D eigenvalue weighted by Crippen LogP contribution is -2.06. The van der Waals surface area contributed by atoms with Crippen LogP contribution in [0.1, 0.15) is 54.6 Å². The van der Waals surface area contributed by atoms with Gasteiger partial charge in [-0.05, 0) is 30.0 Å². The van der Waals surface area contributed by atoms with Crippen molar-refractivity contribution in [1.29, 1.82) is 0 Å². The number of carbonyl (C=O) groups is 1. The SMILES string of the molecule is CCCOc1ccccc1C(=O)c1ccc(C(C)C)cc1. The molecule has 0 aliphatic rings. The first-order valence-electron chi connectivity index (χ1n) is 7.50. The molecule has 0 radical (unpaired) electrons. The molecule has 0 fully saturated rings. The zero-order valence-corrected chi connectivity index (χ0v) is 12.9. The van der Waals surface area contributed by atoms with E-state index in [9.17, 15) is 4.79 Å². The van der Waals surface area contributed by atoms with Gasteiger partial charge in [-0.1, -0.05) is 57.2 Å². The van der Waals surface area contributed by atoms with E-state index in [1.807, 2.05) is 48.5 Å². The van der Waals surface area contributed by atoms with Crippen LogP contribution in [0.25, 0.3) is 0 Å². The van der Waals surface area contributed by atoms with Gasteiger partial charge in [0.05, 0.1) is 12.2 Å². The molecular weight excluding hydrogens is 260 g/mol. The van der Waals surface area contributed by atoms with Gasteiger partial charge in [0.2, 0.25) is 0 Å². The molecule has 2 rings (SSSR count). The van der Waals surface area contributed by atoms with E-state index in [0.29, 0.717) is 29.4 Å². The molecule has 0 heterocycles. The van der Waals surface area contributed by atoms with Crippen molar-refractivity contribution in [3.05, 3.63) is 65.2 Å². The summed E-state index contributed by atoms with van der Waals surface area (Å²) in [6, 6.07) is 15.3. The van der Waals surface area contributed by atoms with Gasteiger partial charge >= 0.3 is 0 Å². The second-order valence-electron chi connectivity index (χ2n) is 5.45. The van der Waals surface area contributed by atoms with Crippen molar-refractivity contribution < 1.29 is 9.53 Å². The maximum absolute atomic E-state index is 12.6. The van der Waals surface area contributed by atoms with Crippen LogP contribution in [0.4, 0.5) is 0 Å². The van der Waals surface area contributed by atoms with Crippen molar-refractivity contribution >= 4 is 5.78 Å². The summed E-state index contributed by atoms with van der Waals surface area (Å²) in [7, 11) is 0. The first-order chi connectivity index (χ1) is 10.1. The maximum atomic E-state index is 12.6. The Morgan fingerprint density at radius 3 is 2.33 bits per heavy atom. The second-order valence-corrected chi connectivity index (χ2v) is 5.45. The Bertz CT molecular complexity index is 597. The number of benzene rings is 2. The van der Waals surface area contributed by atoms with Crippen LogP contribution < -0.4 is 4.74 Å². The molecule has 21 heavy (non-hydrogen) atoms. The summed E-state index contributed by atoms with van der Waals surface area (Å²) in [6.07, 6.45) is 0.922. The van der Waals surface area contributed by atoms with Crippen molar-refractivity contribution in [3.63, 3.8) is 0 Å². The Kier molecular flexibility index (Phi) is 5.15. The lowest BCUT2D eigenvalue weighted by atomic mass is 9.98. The van der Waals surface area contributed by atoms with Crippen molar-refractivity contribution in [2.24, 2.45) is 0 Å². The predicted octanol–water partition coefficient (Wildman–Crippen LogP) is 4.83. The second kappa shape index (κ2) is 7.07. The van der Waals surface area contributed by atoms with Gasteiger partial charge < -0.3 is 4.74 Å². The molecule has 0 aliphatic heterocycles. The maximum Gasteiger partial charge on any atom is 0.196 e. The zero-order valence-electron chi connectivity index (χ0n) is 12.9. The van der Waals surface area contributed by atoms with E-state index in [1.54, 1.807) is 0 Å². The smallest absolute Gasteiger partial charge is 0.196 e. The third-order valence-electron chi connectivity index (χ3n) is 3.43. The molecule has 0 saturated heterocycles. The van der Waals surface area contributed by atoms with Crippen LogP contribution in [0.15, 0.2) is 48.5 Å². The summed E-state index contributed by atoms with van der Waals surface area (Å²) in [6.45, 7) is 6.96. The monoisotopic (exact) mass is 282 g/mol. The van der Waals surface area contributed by atoms with E-state index in [4.69, 9.17) is 4.74 Å². The van der Waals surface area contributed by atoms with E-state index < -0.39 is 0 Å². The number of carbonyl (C=O) groups excluding carboxylic acids is 1. The standard InChI is InChI=1S/C19H22O2/c1-4-13-21-18-8-6-5-7-17(18)19(20)16-11-9-15(10-12-16)14(2)3/h5-12,14H,4,13H2,1-3H3. The first-order valence-corrected chi connectivity index (χ1v) is 7.50. The number of ketones is 1. The van der Waals surface area contributed by atoms with Crippen LogP contribution in [-0.4, -0.2) is 12.4 Å². The summed E-state index contributed by atoms with van der Waals surface area (Å²) >= 11 is 0. The molecule has 0 aliphatic carbocycles. The quantitative estimate of drug-likeness (QED) is 0.709. The van der Waals surface area contributed by atoms with Gasteiger partial charge in [-0.15, -0.1) is 0 Å². The fourth-order valence-corrected chi connectivity index (χ4v) is 2.17. The predicted molar refractivity (Wildman–Crippen MR) is 86.2 cm³/mol. The fraction of sp³-hybridized carbons (Fsp3) is 0.316. The van der Waals surface area contributed by atoms with Crippen molar-refractivity contribution in [2.75, 3.05) is 6.61 Å². The van der Waals surface area contributed by atoms with Gasteiger partial charge in [-0.25, -0.2) is 0 Å². The third-order valence-corrected chi connectivity index (χ3v) is 3.43. The van der Waals surface area contributed by atoms with E-state index in [1.165, 1.54) is 5.56 Å². The normalized spacial score (nSPS) is 10.7. The zero-order chi connectivity index (χ0) is 15.2. The van der Waals surface area contributed by atoms with Crippen LogP contribution in [0.2, 0.25) is 0 Å². The number of rotatable bonds is 6. The first kappa shape index (κ1) is 15.3. The Morgan fingerprint density at radius 2 is 1.71 bits per heavy atom. The Morgan fingerprint density at radius 1 is 1.05 bits per heavy atom. The minimum absolute atomic E-state index is 0.0111. The van der Waals surface area contributed by atoms with Crippen LogP contribution in [-0.2, 0) is 0 Å². The van der Waals surface area contributed by atoms with Crippen LogP contribution in [0, 0.1) is 0 Å².